The molecule has 0 N–H and O–H groups in total. The molecule has 0 saturated carbocycles. The smallest absolute Gasteiger partial charge is 0.138 e. The van der Waals surface area contributed by atoms with Crippen LogP contribution < -0.4 is 0 Å². The third-order valence-corrected chi connectivity index (χ3v) is 12.4. The van der Waals surface area contributed by atoms with E-state index in [9.17, 15) is 4.39 Å². The summed E-state index contributed by atoms with van der Waals surface area (Å²) in [5.74, 6) is 5.44. The van der Waals surface area contributed by atoms with E-state index in [2.05, 4.69) is 67.2 Å². The van der Waals surface area contributed by atoms with Crippen molar-refractivity contribution in [1.82, 2.24) is 0 Å². The zero-order chi connectivity index (χ0) is 23.4. The second kappa shape index (κ2) is 16.8. The van der Waals surface area contributed by atoms with Crippen LogP contribution in [0.15, 0.2) is 54.6 Å². The predicted octanol–water partition coefficient (Wildman–Crippen LogP) is 8.81. The molecule has 0 bridgehead atoms. The molecule has 0 amide bonds. The van der Waals surface area contributed by atoms with Gasteiger partial charge in [0.05, 0.1) is 5.56 Å². The molecule has 0 nitrogen and oxygen atoms in total. The van der Waals surface area contributed by atoms with E-state index in [0.29, 0.717) is 5.56 Å². The summed E-state index contributed by atoms with van der Waals surface area (Å²) in [6.45, 7) is 19.3. The van der Waals surface area contributed by atoms with Gasteiger partial charge in [0, 0.05) is 22.1 Å². The summed E-state index contributed by atoms with van der Waals surface area (Å²) in [5, 5.41) is 0. The first-order chi connectivity index (χ1) is 14.6. The van der Waals surface area contributed by atoms with Gasteiger partial charge in [0.2, 0.25) is 0 Å². The fraction of sp³-hybridized carbons (Fsp3) is 0.500. The molecular weight excluding hydrogens is 476 g/mol. The number of halogens is 1. The van der Waals surface area contributed by atoms with Crippen molar-refractivity contribution in [2.45, 2.75) is 78.0 Å². The van der Waals surface area contributed by atoms with E-state index in [1.165, 1.54) is 18.4 Å². The first kappa shape index (κ1) is 31.3. The van der Waals surface area contributed by atoms with E-state index in [1.807, 2.05) is 30.3 Å². The van der Waals surface area contributed by atoms with Crippen molar-refractivity contribution in [1.29, 1.82) is 0 Å². The molecule has 0 aliphatic heterocycles. The minimum atomic E-state index is -0.277. The minimum Gasteiger partial charge on any atom is -0.206 e. The molecular formula is C28H41FNiP2. The first-order valence-corrected chi connectivity index (χ1v) is 14.8. The second-order valence-electron chi connectivity index (χ2n) is 8.95. The Balaban J connectivity index is 0.000000582. The van der Waals surface area contributed by atoms with Crippen LogP contribution in [0.2, 0.25) is 0 Å². The summed E-state index contributed by atoms with van der Waals surface area (Å²) in [6, 6.07) is 16.0. The Hall–Kier alpha value is -0.716. The standard InChI is InChI=1S/C14H9F.C14H32P2.Ni/c15-14-9-5-4-8-13(14)11-10-12-6-2-1-3-7-12;1-11(2)15(12(3)4)9-10-16(13(5)6)14(7)8;/h1-9H;11-14H,9-10H2,1-8H3;. The van der Waals surface area contributed by atoms with Crippen LogP contribution in [0, 0.1) is 17.7 Å². The molecule has 0 saturated heterocycles. The first-order valence-electron chi connectivity index (χ1n) is 11.5. The van der Waals surface area contributed by atoms with Gasteiger partial charge in [0.25, 0.3) is 0 Å². The number of hydrogen-bond donors (Lipinski definition) is 0. The van der Waals surface area contributed by atoms with E-state index >= 15 is 0 Å². The molecule has 0 aromatic heterocycles. The molecule has 0 fully saturated rings. The maximum atomic E-state index is 13.2. The maximum Gasteiger partial charge on any atom is 0.138 e. The van der Waals surface area contributed by atoms with Gasteiger partial charge in [-0.15, -0.1) is 15.8 Å². The van der Waals surface area contributed by atoms with Crippen molar-refractivity contribution in [3.8, 4) is 11.8 Å². The van der Waals surface area contributed by atoms with Gasteiger partial charge in [0.15, 0.2) is 0 Å². The molecule has 0 radical (unpaired) electrons. The van der Waals surface area contributed by atoms with Crippen LogP contribution >= 0.6 is 15.8 Å². The van der Waals surface area contributed by atoms with Crippen molar-refractivity contribution in [3.05, 3.63) is 71.5 Å². The van der Waals surface area contributed by atoms with Crippen molar-refractivity contribution in [2.75, 3.05) is 12.3 Å². The quantitative estimate of drug-likeness (QED) is 0.196. The molecule has 4 heteroatoms. The van der Waals surface area contributed by atoms with Gasteiger partial charge in [-0.05, 0) is 59.2 Å². The van der Waals surface area contributed by atoms with Crippen molar-refractivity contribution in [3.63, 3.8) is 0 Å². The van der Waals surface area contributed by atoms with Gasteiger partial charge < -0.3 is 0 Å². The fourth-order valence-corrected chi connectivity index (χ4v) is 9.98. The molecule has 0 aliphatic carbocycles. The van der Waals surface area contributed by atoms with E-state index in [1.54, 1.807) is 18.2 Å². The zero-order valence-corrected chi connectivity index (χ0v) is 23.8. The number of benzene rings is 2. The van der Waals surface area contributed by atoms with Crippen molar-refractivity contribution in [2.24, 2.45) is 0 Å². The largest absolute Gasteiger partial charge is 0.206 e. The summed E-state index contributed by atoms with van der Waals surface area (Å²) in [7, 11) is 0.511. The average molecular weight is 517 g/mol. The fourth-order valence-electron chi connectivity index (χ4n) is 3.68. The predicted molar refractivity (Wildman–Crippen MR) is 143 cm³/mol. The Morgan fingerprint density at radius 3 is 1.44 bits per heavy atom. The number of hydrogen-bond acceptors (Lipinski definition) is 0. The maximum absolute atomic E-state index is 13.2. The molecule has 180 valence electrons. The van der Waals surface area contributed by atoms with Crippen LogP contribution in [0.25, 0.3) is 0 Å². The third-order valence-electron chi connectivity index (χ3n) is 5.26. The summed E-state index contributed by atoms with van der Waals surface area (Å²) in [5.41, 5.74) is 4.96. The topological polar surface area (TPSA) is 0 Å². The number of rotatable bonds is 7. The third kappa shape index (κ3) is 11.9. The molecule has 2 aromatic carbocycles. The zero-order valence-electron chi connectivity index (χ0n) is 21.0. The monoisotopic (exact) mass is 516 g/mol. The molecule has 2 rings (SSSR count). The average Bonchev–Trinajstić information content (AvgIpc) is 2.70. The Morgan fingerprint density at radius 2 is 1.03 bits per heavy atom. The second-order valence-corrected chi connectivity index (χ2v) is 16.0. The Bertz CT molecular complexity index is 771. The van der Waals surface area contributed by atoms with Gasteiger partial charge >= 0.3 is 0 Å². The van der Waals surface area contributed by atoms with Crippen molar-refractivity contribution >= 4 is 15.8 Å². The summed E-state index contributed by atoms with van der Waals surface area (Å²) in [4.78, 5) is 0. The van der Waals surface area contributed by atoms with Crippen LogP contribution in [0.4, 0.5) is 4.39 Å². The van der Waals surface area contributed by atoms with E-state index in [0.717, 1.165) is 28.2 Å². The van der Waals surface area contributed by atoms with Crippen LogP contribution in [0.5, 0.6) is 0 Å². The Labute approximate surface area is 210 Å². The van der Waals surface area contributed by atoms with Gasteiger partial charge in [0.1, 0.15) is 5.82 Å². The molecule has 0 spiro atoms. The molecule has 32 heavy (non-hydrogen) atoms. The SMILES string of the molecule is CC(C)P(CCP(C(C)C)C(C)C)C(C)C.Fc1ccccc1C#Cc1ccccc1.[Ni]. The van der Waals surface area contributed by atoms with E-state index in [-0.39, 0.29) is 38.2 Å². The molecule has 0 atom stereocenters. The summed E-state index contributed by atoms with van der Waals surface area (Å²) >= 11 is 0. The summed E-state index contributed by atoms with van der Waals surface area (Å²) in [6.07, 6.45) is 3.01. The van der Waals surface area contributed by atoms with Gasteiger partial charge in [-0.3, -0.25) is 0 Å². The van der Waals surface area contributed by atoms with Gasteiger partial charge in [-0.25, -0.2) is 4.39 Å². The molecule has 0 unspecified atom stereocenters. The summed E-state index contributed by atoms with van der Waals surface area (Å²) < 4.78 is 13.2. The van der Waals surface area contributed by atoms with Crippen LogP contribution in [0.1, 0.15) is 66.5 Å². The molecule has 0 heterocycles. The van der Waals surface area contributed by atoms with Gasteiger partial charge in [-0.1, -0.05) is 97.6 Å². The van der Waals surface area contributed by atoms with Crippen molar-refractivity contribution < 1.29 is 20.9 Å². The van der Waals surface area contributed by atoms with Crippen LogP contribution in [0.3, 0.4) is 0 Å². The minimum absolute atomic E-state index is 0. The Kier molecular flexibility index (Phi) is 16.5. The van der Waals surface area contributed by atoms with Crippen LogP contribution in [-0.2, 0) is 16.5 Å². The van der Waals surface area contributed by atoms with E-state index < -0.39 is 0 Å². The van der Waals surface area contributed by atoms with E-state index in [4.69, 9.17) is 0 Å². The Morgan fingerprint density at radius 1 is 0.625 bits per heavy atom. The normalized spacial score (nSPS) is 10.8. The molecule has 0 aliphatic rings. The molecule has 2 aromatic rings. The van der Waals surface area contributed by atoms with Crippen LogP contribution in [-0.4, -0.2) is 35.0 Å². The van der Waals surface area contributed by atoms with Gasteiger partial charge in [-0.2, -0.15) is 0 Å².